The Kier molecular flexibility index (Phi) is 6.71. The molecule has 1 fully saturated rings. The van der Waals surface area contributed by atoms with Crippen LogP contribution in [0, 0.1) is 5.92 Å². The Labute approximate surface area is 186 Å². The van der Waals surface area contributed by atoms with Crippen LogP contribution in [-0.2, 0) is 13.0 Å². The summed E-state index contributed by atoms with van der Waals surface area (Å²) in [4.78, 5) is 2.48. The molecule has 0 N–H and O–H groups in total. The summed E-state index contributed by atoms with van der Waals surface area (Å²) in [5, 5.41) is 6.54. The van der Waals surface area contributed by atoms with Gasteiger partial charge in [0.05, 0.1) is 30.0 Å². The van der Waals surface area contributed by atoms with Gasteiger partial charge in [0.1, 0.15) is 0 Å². The molecule has 5 nitrogen and oxygen atoms in total. The van der Waals surface area contributed by atoms with Crippen LogP contribution in [0.1, 0.15) is 30.5 Å². The van der Waals surface area contributed by atoms with Crippen molar-refractivity contribution in [2.75, 3.05) is 27.3 Å². The summed E-state index contributed by atoms with van der Waals surface area (Å²) in [6.07, 6.45) is 4.39. The van der Waals surface area contributed by atoms with Crippen LogP contribution in [0.2, 0.25) is 10.0 Å². The lowest BCUT2D eigenvalue weighted by atomic mass is 9.91. The molecule has 0 unspecified atom stereocenters. The molecule has 0 bridgehead atoms. The molecule has 3 aromatic rings. The summed E-state index contributed by atoms with van der Waals surface area (Å²) in [5.74, 6) is 1.95. The van der Waals surface area contributed by atoms with Gasteiger partial charge < -0.3 is 14.0 Å². The third-order valence-electron chi connectivity index (χ3n) is 5.94. The molecular weight excluding hydrogens is 423 g/mol. The van der Waals surface area contributed by atoms with E-state index in [0.29, 0.717) is 33.0 Å². The molecule has 0 spiro atoms. The number of hydrogen-bond acceptors (Lipinski definition) is 5. The third-order valence-corrected chi connectivity index (χ3v) is 6.68. The fraction of sp³-hybridized carbons (Fsp3) is 0.435. The monoisotopic (exact) mass is 448 g/mol. The molecule has 0 radical (unpaired) electrons. The van der Waals surface area contributed by atoms with Crippen molar-refractivity contribution in [3.05, 3.63) is 51.6 Å². The maximum Gasteiger partial charge on any atom is 0.212 e. The van der Waals surface area contributed by atoms with E-state index in [9.17, 15) is 0 Å². The number of ether oxygens (including phenoxy) is 2. The maximum atomic E-state index is 6.14. The van der Waals surface area contributed by atoms with Crippen molar-refractivity contribution in [1.29, 1.82) is 0 Å². The lowest BCUT2D eigenvalue weighted by Crippen LogP contribution is -2.33. The van der Waals surface area contributed by atoms with Crippen LogP contribution in [0.15, 0.2) is 34.9 Å². The van der Waals surface area contributed by atoms with Crippen LogP contribution in [0.5, 0.6) is 11.5 Å². The largest absolute Gasteiger partial charge is 0.493 e. The van der Waals surface area contributed by atoms with Crippen molar-refractivity contribution in [3.8, 4) is 11.5 Å². The topological polar surface area (TPSA) is 47.7 Å². The Hall–Kier alpha value is -1.95. The zero-order chi connectivity index (χ0) is 21.1. The normalized spacial score (nSPS) is 15.6. The smallest absolute Gasteiger partial charge is 0.212 e. The van der Waals surface area contributed by atoms with Gasteiger partial charge in [-0.25, -0.2) is 0 Å². The van der Waals surface area contributed by atoms with Crippen molar-refractivity contribution < 1.29 is 14.0 Å². The number of methoxy groups -OCH3 is 2. The summed E-state index contributed by atoms with van der Waals surface area (Å²) < 4.78 is 16.4. The molecule has 0 aliphatic carbocycles. The second-order valence-electron chi connectivity index (χ2n) is 7.81. The summed E-state index contributed by atoms with van der Waals surface area (Å²) in [6.45, 7) is 3.10. The van der Waals surface area contributed by atoms with E-state index in [2.05, 4.69) is 16.1 Å². The predicted molar refractivity (Wildman–Crippen MR) is 120 cm³/mol. The van der Waals surface area contributed by atoms with Crippen molar-refractivity contribution in [2.45, 2.75) is 32.2 Å². The molecule has 1 aliphatic rings. The lowest BCUT2D eigenvalue weighted by molar-refractivity contribution is 0.172. The molecule has 0 saturated carbocycles. The highest BCUT2D eigenvalue weighted by Gasteiger charge is 2.22. The zero-order valence-corrected chi connectivity index (χ0v) is 18.8. The number of hydrogen-bond donors (Lipinski definition) is 0. The second-order valence-corrected chi connectivity index (χ2v) is 8.63. The van der Waals surface area contributed by atoms with Gasteiger partial charge in [-0.05, 0) is 74.5 Å². The van der Waals surface area contributed by atoms with Gasteiger partial charge in [-0.3, -0.25) is 4.90 Å². The van der Waals surface area contributed by atoms with Gasteiger partial charge in [0.25, 0.3) is 0 Å². The van der Waals surface area contributed by atoms with E-state index in [1.807, 2.05) is 24.3 Å². The Morgan fingerprint density at radius 2 is 1.87 bits per heavy atom. The van der Waals surface area contributed by atoms with Gasteiger partial charge in [0, 0.05) is 11.9 Å². The number of benzene rings is 2. The van der Waals surface area contributed by atoms with Gasteiger partial charge in [0.2, 0.25) is 11.3 Å². The minimum Gasteiger partial charge on any atom is -0.493 e. The molecule has 1 aromatic heterocycles. The molecule has 0 amide bonds. The molecule has 1 saturated heterocycles. The molecular formula is C23H26Cl2N2O3. The van der Waals surface area contributed by atoms with Crippen molar-refractivity contribution in [2.24, 2.45) is 5.92 Å². The molecule has 0 atom stereocenters. The summed E-state index contributed by atoms with van der Waals surface area (Å²) >= 11 is 12.2. The lowest BCUT2D eigenvalue weighted by Gasteiger charge is -2.32. The van der Waals surface area contributed by atoms with Crippen LogP contribution in [0.3, 0.4) is 0 Å². The number of halogens is 2. The molecule has 160 valence electrons. The molecule has 2 aromatic carbocycles. The summed E-state index contributed by atoms with van der Waals surface area (Å²) in [6, 6.07) is 9.80. The van der Waals surface area contributed by atoms with E-state index in [1.54, 1.807) is 14.2 Å². The van der Waals surface area contributed by atoms with Crippen molar-refractivity contribution in [1.82, 2.24) is 10.1 Å². The van der Waals surface area contributed by atoms with E-state index in [-0.39, 0.29) is 0 Å². The van der Waals surface area contributed by atoms with Crippen molar-refractivity contribution in [3.63, 3.8) is 0 Å². The minimum absolute atomic E-state index is 0.601. The fourth-order valence-electron chi connectivity index (χ4n) is 4.22. The second kappa shape index (κ2) is 9.46. The Bertz CT molecular complexity index is 1010. The average Bonchev–Trinajstić information content (AvgIpc) is 3.18. The van der Waals surface area contributed by atoms with E-state index in [4.69, 9.17) is 37.2 Å². The van der Waals surface area contributed by atoms with Gasteiger partial charge >= 0.3 is 0 Å². The van der Waals surface area contributed by atoms with Gasteiger partial charge in [-0.1, -0.05) is 34.4 Å². The number of piperidine rings is 1. The number of aryl methyl sites for hydroxylation is 1. The Balaban J connectivity index is 1.32. The van der Waals surface area contributed by atoms with Crippen LogP contribution in [0.4, 0.5) is 0 Å². The van der Waals surface area contributed by atoms with Crippen LogP contribution >= 0.6 is 23.2 Å². The first-order valence-electron chi connectivity index (χ1n) is 10.2. The summed E-state index contributed by atoms with van der Waals surface area (Å²) in [7, 11) is 3.24. The quantitative estimate of drug-likeness (QED) is 0.443. The van der Waals surface area contributed by atoms with E-state index in [0.717, 1.165) is 43.6 Å². The molecule has 30 heavy (non-hydrogen) atoms. The highest BCUT2D eigenvalue weighted by atomic mass is 35.5. The Morgan fingerprint density at radius 1 is 1.07 bits per heavy atom. The maximum absolute atomic E-state index is 6.14. The molecule has 1 aliphatic heterocycles. The van der Waals surface area contributed by atoms with Crippen molar-refractivity contribution >= 4 is 34.2 Å². The van der Waals surface area contributed by atoms with E-state index in [1.165, 1.54) is 18.4 Å². The number of likely N-dealkylation sites (tertiary alicyclic amines) is 1. The first-order chi connectivity index (χ1) is 14.6. The van der Waals surface area contributed by atoms with Gasteiger partial charge in [-0.15, -0.1) is 0 Å². The summed E-state index contributed by atoms with van der Waals surface area (Å²) in [5.41, 5.74) is 2.86. The molecule has 4 rings (SSSR count). The highest BCUT2D eigenvalue weighted by molar-refractivity contribution is 6.42. The zero-order valence-electron chi connectivity index (χ0n) is 17.3. The number of nitrogens with zero attached hydrogens (tertiary/aromatic N) is 2. The first kappa shape index (κ1) is 21.3. The van der Waals surface area contributed by atoms with Gasteiger partial charge in [-0.2, -0.15) is 0 Å². The SMILES string of the molecule is COc1ccc2c(CCC3CCN(Cc4ccc(Cl)c(Cl)c4)CC3)noc2c1OC. The number of aromatic nitrogens is 1. The number of fused-ring (bicyclic) bond motifs is 1. The van der Waals surface area contributed by atoms with Crippen LogP contribution in [-0.4, -0.2) is 37.4 Å². The first-order valence-corrected chi connectivity index (χ1v) is 11.0. The van der Waals surface area contributed by atoms with E-state index < -0.39 is 0 Å². The average molecular weight is 449 g/mol. The number of rotatable bonds is 7. The molecule has 2 heterocycles. The predicted octanol–water partition coefficient (Wildman–Crippen LogP) is 6.00. The molecule has 7 heteroatoms. The van der Waals surface area contributed by atoms with Crippen LogP contribution in [0.25, 0.3) is 11.0 Å². The fourth-order valence-corrected chi connectivity index (χ4v) is 4.54. The van der Waals surface area contributed by atoms with E-state index >= 15 is 0 Å². The third kappa shape index (κ3) is 4.53. The Morgan fingerprint density at radius 3 is 2.57 bits per heavy atom. The minimum atomic E-state index is 0.601. The standard InChI is InChI=1S/C23H26Cl2N2O3/c1-28-21-8-5-17-20(26-30-22(17)23(21)29-2)7-4-15-9-11-27(12-10-15)14-16-3-6-18(24)19(25)13-16/h3,5-6,8,13,15H,4,7,9-12,14H2,1-2H3. The highest BCUT2D eigenvalue weighted by Crippen LogP contribution is 2.37. The van der Waals surface area contributed by atoms with Gasteiger partial charge in [0.15, 0.2) is 5.75 Å². The van der Waals surface area contributed by atoms with Crippen LogP contribution < -0.4 is 9.47 Å².